The van der Waals surface area contributed by atoms with E-state index in [0.717, 1.165) is 12.8 Å². The average molecular weight is 236 g/mol. The van der Waals surface area contributed by atoms with Crippen LogP contribution < -0.4 is 0 Å². The SMILES string of the molecule is CCCCOP(=O)(CC)C(C)OC(C)=O. The van der Waals surface area contributed by atoms with Crippen LogP contribution in [0.3, 0.4) is 0 Å². The quantitative estimate of drug-likeness (QED) is 0.387. The van der Waals surface area contributed by atoms with Crippen LogP contribution in [0.1, 0.15) is 40.5 Å². The second-order valence-corrected chi connectivity index (χ2v) is 6.51. The van der Waals surface area contributed by atoms with Crippen molar-refractivity contribution in [3.63, 3.8) is 0 Å². The van der Waals surface area contributed by atoms with Crippen molar-refractivity contribution in [2.24, 2.45) is 0 Å². The molecule has 5 heteroatoms. The molecule has 4 nitrogen and oxygen atoms in total. The molecule has 0 aromatic heterocycles. The number of hydrogen-bond donors (Lipinski definition) is 0. The molecule has 0 saturated carbocycles. The largest absolute Gasteiger partial charge is 0.452 e. The summed E-state index contributed by atoms with van der Waals surface area (Å²) in [5, 5.41) is 0. The summed E-state index contributed by atoms with van der Waals surface area (Å²) in [6.45, 7) is 7.22. The van der Waals surface area contributed by atoms with E-state index in [1.54, 1.807) is 13.8 Å². The Balaban J connectivity index is 4.27. The molecule has 0 amide bonds. The van der Waals surface area contributed by atoms with Gasteiger partial charge in [0.2, 0.25) is 7.37 Å². The lowest BCUT2D eigenvalue weighted by Crippen LogP contribution is -2.16. The Morgan fingerprint density at radius 2 is 2.00 bits per heavy atom. The van der Waals surface area contributed by atoms with E-state index in [1.807, 2.05) is 6.92 Å². The van der Waals surface area contributed by atoms with E-state index in [4.69, 9.17) is 9.26 Å². The predicted molar refractivity (Wildman–Crippen MR) is 60.2 cm³/mol. The topological polar surface area (TPSA) is 52.6 Å². The summed E-state index contributed by atoms with van der Waals surface area (Å²) < 4.78 is 22.5. The zero-order valence-electron chi connectivity index (χ0n) is 9.99. The van der Waals surface area contributed by atoms with E-state index >= 15 is 0 Å². The van der Waals surface area contributed by atoms with Crippen molar-refractivity contribution in [3.05, 3.63) is 0 Å². The van der Waals surface area contributed by atoms with Gasteiger partial charge in [-0.2, -0.15) is 0 Å². The normalized spacial score (nSPS) is 16.8. The molecule has 0 aromatic carbocycles. The molecule has 0 spiro atoms. The number of carbonyl (C=O) groups is 1. The first-order valence-electron chi connectivity index (χ1n) is 5.36. The molecule has 90 valence electrons. The first-order chi connectivity index (χ1) is 6.96. The van der Waals surface area contributed by atoms with Gasteiger partial charge in [0.15, 0.2) is 5.85 Å². The Kier molecular flexibility index (Phi) is 6.86. The molecule has 0 bridgehead atoms. The van der Waals surface area contributed by atoms with Crippen LogP contribution in [-0.2, 0) is 18.6 Å². The molecule has 0 aliphatic heterocycles. The lowest BCUT2D eigenvalue weighted by Gasteiger charge is -2.23. The van der Waals surface area contributed by atoms with Crippen molar-refractivity contribution in [1.82, 2.24) is 0 Å². The minimum Gasteiger partial charge on any atom is -0.452 e. The molecule has 0 aliphatic rings. The van der Waals surface area contributed by atoms with Crippen LogP contribution >= 0.6 is 7.37 Å². The second-order valence-electron chi connectivity index (χ2n) is 3.44. The van der Waals surface area contributed by atoms with Crippen molar-refractivity contribution >= 4 is 13.3 Å². The van der Waals surface area contributed by atoms with Crippen molar-refractivity contribution in [2.45, 2.75) is 46.4 Å². The average Bonchev–Trinajstić information content (AvgIpc) is 2.16. The summed E-state index contributed by atoms with van der Waals surface area (Å²) in [4.78, 5) is 10.7. The van der Waals surface area contributed by atoms with Crippen LogP contribution in [0.25, 0.3) is 0 Å². The van der Waals surface area contributed by atoms with Crippen LogP contribution in [0.2, 0.25) is 0 Å². The highest BCUT2D eigenvalue weighted by Gasteiger charge is 2.31. The lowest BCUT2D eigenvalue weighted by atomic mass is 10.4. The Labute approximate surface area is 91.8 Å². The third-order valence-electron chi connectivity index (χ3n) is 2.14. The molecule has 0 rings (SSSR count). The first kappa shape index (κ1) is 14.7. The smallest absolute Gasteiger partial charge is 0.303 e. The van der Waals surface area contributed by atoms with Gasteiger partial charge in [0.25, 0.3) is 0 Å². The van der Waals surface area contributed by atoms with E-state index in [0.29, 0.717) is 12.8 Å². The zero-order chi connectivity index (χ0) is 11.9. The van der Waals surface area contributed by atoms with Gasteiger partial charge in [0.05, 0.1) is 6.61 Å². The van der Waals surface area contributed by atoms with E-state index < -0.39 is 19.2 Å². The summed E-state index contributed by atoms with van der Waals surface area (Å²) in [7, 11) is -2.82. The van der Waals surface area contributed by atoms with E-state index in [-0.39, 0.29) is 0 Å². The maximum absolute atomic E-state index is 12.2. The Morgan fingerprint density at radius 1 is 1.40 bits per heavy atom. The molecule has 0 heterocycles. The Morgan fingerprint density at radius 3 is 2.40 bits per heavy atom. The van der Waals surface area contributed by atoms with Crippen molar-refractivity contribution in [2.75, 3.05) is 12.8 Å². The summed E-state index contributed by atoms with van der Waals surface area (Å²) in [5.41, 5.74) is 0. The highest BCUT2D eigenvalue weighted by molar-refractivity contribution is 7.59. The van der Waals surface area contributed by atoms with Crippen molar-refractivity contribution < 1.29 is 18.6 Å². The molecule has 0 aliphatic carbocycles. The van der Waals surface area contributed by atoms with Crippen LogP contribution in [0.15, 0.2) is 0 Å². The van der Waals surface area contributed by atoms with E-state index in [1.165, 1.54) is 6.92 Å². The van der Waals surface area contributed by atoms with Gasteiger partial charge >= 0.3 is 5.97 Å². The van der Waals surface area contributed by atoms with E-state index in [2.05, 4.69) is 0 Å². The number of carbonyl (C=O) groups excluding carboxylic acids is 1. The van der Waals surface area contributed by atoms with Crippen molar-refractivity contribution in [1.29, 1.82) is 0 Å². The number of hydrogen-bond acceptors (Lipinski definition) is 4. The zero-order valence-corrected chi connectivity index (χ0v) is 10.9. The highest BCUT2D eigenvalue weighted by Crippen LogP contribution is 2.51. The lowest BCUT2D eigenvalue weighted by molar-refractivity contribution is -0.142. The Bertz CT molecular complexity index is 240. The minimum atomic E-state index is -2.82. The molecular formula is C10H21O4P. The Hall–Kier alpha value is -0.340. The third-order valence-corrected chi connectivity index (χ3v) is 4.85. The highest BCUT2D eigenvalue weighted by atomic mass is 31.2. The summed E-state index contributed by atoms with van der Waals surface area (Å²) in [6, 6.07) is 0. The van der Waals surface area contributed by atoms with Crippen molar-refractivity contribution in [3.8, 4) is 0 Å². The maximum Gasteiger partial charge on any atom is 0.303 e. The fourth-order valence-electron chi connectivity index (χ4n) is 1.14. The molecule has 2 atom stereocenters. The summed E-state index contributed by atoms with van der Waals surface area (Å²) in [5.74, 6) is -1.06. The number of unbranched alkanes of at least 4 members (excludes halogenated alkanes) is 1. The fraction of sp³-hybridized carbons (Fsp3) is 0.900. The first-order valence-corrected chi connectivity index (χ1v) is 7.24. The maximum atomic E-state index is 12.2. The van der Waals surface area contributed by atoms with Gasteiger partial charge in [-0.25, -0.2) is 0 Å². The van der Waals surface area contributed by atoms with Crippen LogP contribution in [-0.4, -0.2) is 24.6 Å². The molecule has 0 aromatic rings. The number of rotatable bonds is 7. The van der Waals surface area contributed by atoms with Gasteiger partial charge in [0, 0.05) is 13.1 Å². The molecular weight excluding hydrogens is 215 g/mol. The molecule has 0 N–H and O–H groups in total. The molecule has 0 saturated heterocycles. The number of esters is 1. The van der Waals surface area contributed by atoms with Crippen LogP contribution in [0.5, 0.6) is 0 Å². The standard InChI is InChI=1S/C10H21O4P/c1-5-7-8-13-15(12,6-2)10(4)14-9(3)11/h10H,5-8H2,1-4H3. The monoisotopic (exact) mass is 236 g/mol. The van der Waals surface area contributed by atoms with Gasteiger partial charge < -0.3 is 9.26 Å². The van der Waals surface area contributed by atoms with Gasteiger partial charge in [0.1, 0.15) is 0 Å². The fourth-order valence-corrected chi connectivity index (χ4v) is 2.79. The summed E-state index contributed by atoms with van der Waals surface area (Å²) >= 11 is 0. The minimum absolute atomic E-state index is 0.394. The molecule has 0 radical (unpaired) electrons. The number of ether oxygens (including phenoxy) is 1. The summed E-state index contributed by atoms with van der Waals surface area (Å²) in [6.07, 6.45) is 2.26. The third kappa shape index (κ3) is 5.33. The molecule has 0 fully saturated rings. The molecule has 2 unspecified atom stereocenters. The predicted octanol–water partition coefficient (Wildman–Crippen LogP) is 3.01. The van der Waals surface area contributed by atoms with Crippen LogP contribution in [0, 0.1) is 0 Å². The second kappa shape index (κ2) is 7.02. The molecule has 15 heavy (non-hydrogen) atoms. The van der Waals surface area contributed by atoms with E-state index in [9.17, 15) is 9.36 Å². The van der Waals surface area contributed by atoms with Gasteiger partial charge in [-0.1, -0.05) is 20.3 Å². The van der Waals surface area contributed by atoms with Gasteiger partial charge in [-0.15, -0.1) is 0 Å². The van der Waals surface area contributed by atoms with Gasteiger partial charge in [-0.05, 0) is 13.3 Å². The van der Waals surface area contributed by atoms with Crippen LogP contribution in [0.4, 0.5) is 0 Å². The van der Waals surface area contributed by atoms with Gasteiger partial charge in [-0.3, -0.25) is 9.36 Å².